The number of allylic oxidation sites excluding steroid dienone is 1. The van der Waals surface area contributed by atoms with Gasteiger partial charge in [-0.1, -0.05) is 24.3 Å². The Hall–Kier alpha value is -4.45. The lowest BCUT2D eigenvalue weighted by Crippen LogP contribution is -2.40. The Morgan fingerprint density at radius 1 is 1.14 bits per heavy atom. The third kappa shape index (κ3) is 5.79. The topological polar surface area (TPSA) is 126 Å². The molecule has 3 aromatic rings. The first-order chi connectivity index (χ1) is 20.7. The van der Waals surface area contributed by atoms with Crippen LogP contribution in [0, 0.1) is 16.0 Å². The number of carbonyl (C=O) groups is 1. The fraction of sp³-hybridized carbons (Fsp3) is 0.387. The number of anilines is 1. The van der Waals surface area contributed by atoms with E-state index in [1.165, 1.54) is 42.3 Å². The normalized spacial score (nSPS) is 17.4. The lowest BCUT2D eigenvalue weighted by molar-refractivity contribution is -0.384. The molecule has 2 aromatic carbocycles. The molecule has 0 saturated carbocycles. The second-order valence-electron chi connectivity index (χ2n) is 10.6. The molecule has 0 spiro atoms. The molecule has 1 saturated heterocycles. The van der Waals surface area contributed by atoms with Crippen LogP contribution in [0.1, 0.15) is 50.8 Å². The molecular formula is C31H34N4O7S. The quantitative estimate of drug-likeness (QED) is 0.214. The van der Waals surface area contributed by atoms with Gasteiger partial charge < -0.3 is 19.1 Å². The summed E-state index contributed by atoms with van der Waals surface area (Å²) in [6.07, 6.45) is 3.72. The number of nitro groups is 1. The summed E-state index contributed by atoms with van der Waals surface area (Å²) in [7, 11) is 3.04. The van der Waals surface area contributed by atoms with Crippen molar-refractivity contribution in [2.24, 2.45) is 10.9 Å². The number of benzene rings is 2. The highest BCUT2D eigenvalue weighted by molar-refractivity contribution is 7.07. The highest BCUT2D eigenvalue weighted by Crippen LogP contribution is 2.36. The number of esters is 1. The molecule has 43 heavy (non-hydrogen) atoms. The minimum absolute atomic E-state index is 0.0585. The third-order valence-corrected chi connectivity index (χ3v) is 8.86. The van der Waals surface area contributed by atoms with Crippen LogP contribution in [0.25, 0.3) is 6.08 Å². The summed E-state index contributed by atoms with van der Waals surface area (Å²) in [4.78, 5) is 45.9. The molecule has 5 rings (SSSR count). The van der Waals surface area contributed by atoms with Gasteiger partial charge in [0.1, 0.15) is 0 Å². The number of hydrogen-bond acceptors (Lipinski definition) is 10. The molecule has 0 N–H and O–H groups in total. The van der Waals surface area contributed by atoms with Gasteiger partial charge in [-0.3, -0.25) is 19.5 Å². The Kier molecular flexibility index (Phi) is 8.67. The van der Waals surface area contributed by atoms with E-state index >= 15 is 0 Å². The van der Waals surface area contributed by atoms with Crippen LogP contribution in [0.2, 0.25) is 0 Å². The minimum Gasteiger partial charge on any atom is -0.493 e. The maximum Gasteiger partial charge on any atom is 0.338 e. The molecule has 1 atom stereocenters. The van der Waals surface area contributed by atoms with Crippen molar-refractivity contribution >= 4 is 34.8 Å². The number of thiazole rings is 1. The number of non-ortho nitro benzene ring substituents is 1. The monoisotopic (exact) mass is 606 g/mol. The lowest BCUT2D eigenvalue weighted by Gasteiger charge is -2.33. The second kappa shape index (κ2) is 12.4. The average Bonchev–Trinajstić information content (AvgIpc) is 3.30. The lowest BCUT2D eigenvalue weighted by atomic mass is 9.95. The van der Waals surface area contributed by atoms with E-state index in [9.17, 15) is 19.7 Å². The molecule has 1 aromatic heterocycles. The summed E-state index contributed by atoms with van der Waals surface area (Å²) < 4.78 is 18.1. The molecule has 3 heterocycles. The highest BCUT2D eigenvalue weighted by Gasteiger charge is 2.34. The number of hydrogen-bond donors (Lipinski definition) is 0. The van der Waals surface area contributed by atoms with Gasteiger partial charge in [0.2, 0.25) is 0 Å². The molecule has 226 valence electrons. The Morgan fingerprint density at radius 3 is 2.51 bits per heavy atom. The zero-order valence-electron chi connectivity index (χ0n) is 24.8. The van der Waals surface area contributed by atoms with Gasteiger partial charge in [0.15, 0.2) is 16.3 Å². The fourth-order valence-electron chi connectivity index (χ4n) is 5.58. The van der Waals surface area contributed by atoms with Gasteiger partial charge in [-0.25, -0.2) is 9.79 Å². The molecule has 0 aliphatic carbocycles. The third-order valence-electron chi connectivity index (χ3n) is 7.87. The number of aromatic nitrogens is 1. The first-order valence-electron chi connectivity index (χ1n) is 14.1. The van der Waals surface area contributed by atoms with Gasteiger partial charge in [-0.15, -0.1) is 0 Å². The van der Waals surface area contributed by atoms with Crippen LogP contribution in [0.3, 0.4) is 0 Å². The summed E-state index contributed by atoms with van der Waals surface area (Å²) in [5.74, 6) is 0.979. The molecule has 2 aliphatic heterocycles. The minimum atomic E-state index is -0.842. The van der Waals surface area contributed by atoms with Crippen LogP contribution in [-0.2, 0) is 9.53 Å². The molecule has 1 fully saturated rings. The van der Waals surface area contributed by atoms with E-state index in [0.717, 1.165) is 31.6 Å². The number of piperidine rings is 1. The van der Waals surface area contributed by atoms with Crippen molar-refractivity contribution in [3.63, 3.8) is 0 Å². The van der Waals surface area contributed by atoms with E-state index in [-0.39, 0.29) is 23.4 Å². The van der Waals surface area contributed by atoms with Crippen molar-refractivity contribution in [3.05, 3.63) is 88.6 Å². The molecule has 0 amide bonds. The van der Waals surface area contributed by atoms with E-state index in [0.29, 0.717) is 43.6 Å². The zero-order chi connectivity index (χ0) is 30.8. The summed E-state index contributed by atoms with van der Waals surface area (Å²) >= 11 is 1.17. The number of nitrogens with zero attached hydrogens (tertiary/aromatic N) is 4. The summed E-state index contributed by atoms with van der Waals surface area (Å²) in [6.45, 7) is 7.45. The van der Waals surface area contributed by atoms with Gasteiger partial charge in [-0.05, 0) is 62.4 Å². The van der Waals surface area contributed by atoms with Crippen molar-refractivity contribution in [1.29, 1.82) is 0 Å². The van der Waals surface area contributed by atoms with Crippen molar-refractivity contribution in [1.82, 2.24) is 4.57 Å². The number of ether oxygens (including phenoxy) is 3. The average molecular weight is 607 g/mol. The molecule has 0 radical (unpaired) electrons. The number of carbonyl (C=O) groups excluding carboxylic acids is 1. The Labute approximate surface area is 252 Å². The van der Waals surface area contributed by atoms with E-state index in [1.807, 2.05) is 0 Å². The van der Waals surface area contributed by atoms with Gasteiger partial charge in [0, 0.05) is 36.5 Å². The molecule has 0 bridgehead atoms. The molecular weight excluding hydrogens is 572 g/mol. The predicted octanol–water partition coefficient (Wildman–Crippen LogP) is 3.96. The SMILES string of the molecule is CCOC(=O)C1=C(C)N=c2s/c(=C/c3cc([N+](=O)[O-])ccc3N3CCC(C)CC3)c(=O)n2[C@H]1c1ccc(OC)c(OC)c1. The van der Waals surface area contributed by atoms with Gasteiger partial charge >= 0.3 is 5.97 Å². The summed E-state index contributed by atoms with van der Waals surface area (Å²) in [5, 5.41) is 11.7. The molecule has 11 nitrogen and oxygen atoms in total. The Balaban J connectivity index is 1.72. The number of fused-ring (bicyclic) bond motifs is 1. The zero-order valence-corrected chi connectivity index (χ0v) is 25.6. The van der Waals surface area contributed by atoms with Crippen LogP contribution < -0.4 is 29.3 Å². The van der Waals surface area contributed by atoms with Crippen LogP contribution in [0.5, 0.6) is 11.5 Å². The Bertz CT molecular complexity index is 1780. The van der Waals surface area contributed by atoms with Crippen molar-refractivity contribution in [2.75, 3.05) is 38.8 Å². The predicted molar refractivity (Wildman–Crippen MR) is 164 cm³/mol. The fourth-order valence-corrected chi connectivity index (χ4v) is 6.62. The molecule has 0 unspecified atom stereocenters. The maximum atomic E-state index is 14.2. The molecule has 12 heteroatoms. The van der Waals surface area contributed by atoms with Crippen molar-refractivity contribution < 1.29 is 23.9 Å². The van der Waals surface area contributed by atoms with Crippen LogP contribution in [0.4, 0.5) is 11.4 Å². The van der Waals surface area contributed by atoms with Gasteiger partial charge in [0.05, 0.1) is 47.6 Å². The first-order valence-corrected chi connectivity index (χ1v) is 14.9. The maximum absolute atomic E-state index is 14.2. The van der Waals surface area contributed by atoms with Crippen LogP contribution in [0.15, 0.2) is 57.5 Å². The van der Waals surface area contributed by atoms with E-state index < -0.39 is 16.9 Å². The summed E-state index contributed by atoms with van der Waals surface area (Å²) in [5.41, 5.74) is 2.28. The van der Waals surface area contributed by atoms with E-state index in [1.54, 1.807) is 44.2 Å². The second-order valence-corrected chi connectivity index (χ2v) is 11.6. The molecule has 2 aliphatic rings. The van der Waals surface area contributed by atoms with E-state index in [2.05, 4.69) is 16.8 Å². The number of methoxy groups -OCH3 is 2. The Morgan fingerprint density at radius 2 is 1.86 bits per heavy atom. The largest absolute Gasteiger partial charge is 0.493 e. The van der Waals surface area contributed by atoms with Crippen molar-refractivity contribution in [3.8, 4) is 11.5 Å². The van der Waals surface area contributed by atoms with E-state index in [4.69, 9.17) is 14.2 Å². The number of nitro benzene ring substituents is 1. The van der Waals surface area contributed by atoms with Crippen LogP contribution >= 0.6 is 11.3 Å². The van der Waals surface area contributed by atoms with Crippen molar-refractivity contribution in [2.45, 2.75) is 39.7 Å². The number of rotatable bonds is 8. The smallest absolute Gasteiger partial charge is 0.338 e. The summed E-state index contributed by atoms with van der Waals surface area (Å²) in [6, 6.07) is 9.14. The van der Waals surface area contributed by atoms with Gasteiger partial charge in [0.25, 0.3) is 11.2 Å². The van der Waals surface area contributed by atoms with Gasteiger partial charge in [-0.2, -0.15) is 0 Å². The van der Waals surface area contributed by atoms with Crippen LogP contribution in [-0.4, -0.2) is 49.4 Å². The standard InChI is InChI=1S/C31H34N4O7S/c1-6-42-30(37)27-19(3)32-31-34(28(27)20-7-10-24(40-4)25(16-20)41-5)29(36)26(43-31)17-21-15-22(35(38)39)8-9-23(21)33-13-11-18(2)12-14-33/h7-10,15-18,28H,6,11-14H2,1-5H3/b26-17+/t28-/m0/s1. The highest BCUT2D eigenvalue weighted by atomic mass is 32.1. The first kappa shape index (κ1) is 30.0.